The first-order valence-electron chi connectivity index (χ1n) is 16.3. The first kappa shape index (κ1) is 44.7. The summed E-state index contributed by atoms with van der Waals surface area (Å²) in [6.45, 7) is 44.7. The Bertz CT molecular complexity index is 862. The van der Waals surface area contributed by atoms with Crippen LogP contribution in [0, 0.1) is 0 Å². The fourth-order valence-electron chi connectivity index (χ4n) is 4.91. The van der Waals surface area contributed by atoms with Crippen LogP contribution in [0.4, 0.5) is 0 Å². The van der Waals surface area contributed by atoms with Crippen LogP contribution in [-0.4, -0.2) is 105 Å². The van der Waals surface area contributed by atoms with Gasteiger partial charge in [-0.3, -0.25) is 4.79 Å². The van der Waals surface area contributed by atoms with Crippen molar-refractivity contribution in [3.63, 3.8) is 0 Å². The van der Waals surface area contributed by atoms with Crippen LogP contribution in [0.2, 0.25) is 130 Å². The van der Waals surface area contributed by atoms with Crippen molar-refractivity contribution in [1.29, 1.82) is 0 Å². The second-order valence-electron chi connectivity index (χ2n) is 17.8. The quantitative estimate of drug-likeness (QED) is 0.0895. The molecule has 0 aromatic heterocycles. The molecule has 0 aromatic rings. The van der Waals surface area contributed by atoms with Crippen LogP contribution < -0.4 is 0 Å². The number of carbonyl (C=O) groups is 1. The van der Waals surface area contributed by atoms with E-state index in [1.54, 1.807) is 11.8 Å². The lowest BCUT2D eigenvalue weighted by molar-refractivity contribution is -0.375. The molecule has 262 valence electrons. The van der Waals surface area contributed by atoms with Gasteiger partial charge in [0.2, 0.25) is 0 Å². The number of amides is 1. The van der Waals surface area contributed by atoms with Crippen molar-refractivity contribution in [1.82, 2.24) is 4.90 Å². The van der Waals surface area contributed by atoms with E-state index in [9.17, 15) is 0 Å². The maximum Gasteiger partial charge on any atom is 0.265 e. The highest BCUT2D eigenvalue weighted by Gasteiger charge is 2.66. The molecule has 0 aliphatic rings. The summed E-state index contributed by atoms with van der Waals surface area (Å²) in [5, 5.41) is 0. The van der Waals surface area contributed by atoms with Crippen LogP contribution in [0.15, 0.2) is 12.2 Å². The van der Waals surface area contributed by atoms with Crippen molar-refractivity contribution in [2.24, 2.45) is 0 Å². The van der Waals surface area contributed by atoms with E-state index in [0.717, 1.165) is 20.5 Å². The second-order valence-corrected chi connectivity index (χ2v) is 46.1. The molecule has 2 atom stereocenters. The van der Waals surface area contributed by atoms with Crippen LogP contribution in [0.1, 0.15) is 6.92 Å². The third kappa shape index (κ3) is 14.9. The van der Waals surface area contributed by atoms with E-state index in [1.165, 1.54) is 0 Å². The number of carbonyl (C=O) groups excluding carboxylic acids is 1. The summed E-state index contributed by atoms with van der Waals surface area (Å²) in [4.78, 5) is 16.9. The van der Waals surface area contributed by atoms with Gasteiger partial charge in [-0.25, -0.2) is 4.90 Å². The lowest BCUT2D eigenvalue weighted by Gasteiger charge is -2.61. The Kier molecular flexibility index (Phi) is 15.8. The highest BCUT2D eigenvalue weighted by molar-refractivity contribution is 6.72. The van der Waals surface area contributed by atoms with Gasteiger partial charge in [0, 0.05) is 26.1 Å². The Morgan fingerprint density at radius 3 is 0.932 bits per heavy atom. The Balaban J connectivity index is 8.91. The SMILES string of the molecule is C=C(C)C(=O)N(C(O[Si](C)(C)C)(O[Si](C)(C)C)C(C[SiH3])O[Si](C)(C)C)C(O[Si](C)(C)C)(O[Si](C)(C)C)C(C[SiH3])O[Si](C)(C)C. The summed E-state index contributed by atoms with van der Waals surface area (Å²) >= 11 is 0. The molecule has 8 nitrogen and oxygen atoms in total. The van der Waals surface area contributed by atoms with Crippen molar-refractivity contribution >= 4 is 76.3 Å². The molecule has 44 heavy (non-hydrogen) atoms. The monoisotopic (exact) mass is 757 g/mol. The smallest absolute Gasteiger partial charge is 0.265 e. The van der Waals surface area contributed by atoms with E-state index in [-0.39, 0.29) is 5.91 Å². The molecule has 0 saturated heterocycles. The minimum Gasteiger partial charge on any atom is -0.407 e. The zero-order chi connectivity index (χ0) is 35.5. The van der Waals surface area contributed by atoms with Gasteiger partial charge in [0.1, 0.15) is 12.2 Å². The third-order valence-corrected chi connectivity index (χ3v) is 12.6. The molecule has 0 rings (SSSR count). The standard InChI is InChI=1S/C28H71NO7Si8/c1-23(2)26(30)29(27(33-41(9,10)11,34-42(12,13)14)24(21-37)31-39(3,4)5)28(35-43(15,16)17,36-44(18,19)20)25(22-38)32-40(6,7)8/h24-25H,1,21-22H2,2-20,37-38H3. The van der Waals surface area contributed by atoms with E-state index >= 15 is 4.79 Å². The average Bonchev–Trinajstić information content (AvgIpc) is 2.69. The number of rotatable bonds is 19. The second kappa shape index (κ2) is 15.5. The molecule has 0 fully saturated rings. The van der Waals surface area contributed by atoms with Crippen molar-refractivity contribution < 1.29 is 31.4 Å². The lowest BCUT2D eigenvalue weighted by atomic mass is 10.1. The van der Waals surface area contributed by atoms with Gasteiger partial charge in [-0.05, 0) is 137 Å². The van der Waals surface area contributed by atoms with Gasteiger partial charge in [0.15, 0.2) is 49.9 Å². The van der Waals surface area contributed by atoms with Gasteiger partial charge < -0.3 is 26.6 Å². The summed E-state index contributed by atoms with van der Waals surface area (Å²) < 4.78 is 43.6. The first-order chi connectivity index (χ1) is 19.1. The minimum atomic E-state index is -2.47. The van der Waals surface area contributed by atoms with E-state index < -0.39 is 73.9 Å². The zero-order valence-corrected chi connectivity index (χ0v) is 42.6. The molecule has 0 heterocycles. The van der Waals surface area contributed by atoms with Gasteiger partial charge in [-0.2, -0.15) is 0 Å². The Morgan fingerprint density at radius 1 is 0.568 bits per heavy atom. The molecular formula is C28H71NO7Si8. The fourth-order valence-corrected chi connectivity index (χ4v) is 14.0. The largest absolute Gasteiger partial charge is 0.407 e. The Morgan fingerprint density at radius 2 is 0.795 bits per heavy atom. The molecule has 2 unspecified atom stereocenters. The molecule has 0 aliphatic carbocycles. The maximum absolute atomic E-state index is 15.2. The van der Waals surface area contributed by atoms with Gasteiger partial charge >= 0.3 is 0 Å². The minimum absolute atomic E-state index is 0.323. The molecule has 0 saturated carbocycles. The topological polar surface area (TPSA) is 75.7 Å². The lowest BCUT2D eigenvalue weighted by Crippen LogP contribution is -2.80. The normalized spacial score (nSPS) is 16.2. The Labute approximate surface area is 284 Å². The fraction of sp³-hybridized carbons (Fsp3) is 0.893. The molecule has 16 heteroatoms. The van der Waals surface area contributed by atoms with Crippen molar-refractivity contribution in [3.8, 4) is 0 Å². The summed E-state index contributed by atoms with van der Waals surface area (Å²) in [5.74, 6) is -3.56. The molecule has 0 aliphatic heterocycles. The number of hydrogen-bond donors (Lipinski definition) is 0. The Hall–Kier alpha value is 0.705. The van der Waals surface area contributed by atoms with E-state index in [4.69, 9.17) is 26.6 Å². The van der Waals surface area contributed by atoms with Crippen molar-refractivity contribution in [2.75, 3.05) is 0 Å². The molecular weight excluding hydrogens is 687 g/mol. The first-order valence-corrected chi connectivity index (χ1v) is 39.6. The van der Waals surface area contributed by atoms with Crippen LogP contribution in [-0.2, 0) is 31.4 Å². The maximum atomic E-state index is 15.2. The molecule has 0 aromatic carbocycles. The van der Waals surface area contributed by atoms with Crippen LogP contribution in [0.5, 0.6) is 0 Å². The summed E-state index contributed by atoms with van der Waals surface area (Å²) in [6.07, 6.45) is -1.11. The number of hydrogen-bond acceptors (Lipinski definition) is 7. The highest BCUT2D eigenvalue weighted by Crippen LogP contribution is 2.46. The molecule has 0 spiro atoms. The van der Waals surface area contributed by atoms with Crippen LogP contribution >= 0.6 is 0 Å². The van der Waals surface area contributed by atoms with Gasteiger partial charge in [-0.15, -0.1) is 0 Å². The van der Waals surface area contributed by atoms with Crippen molar-refractivity contribution in [2.45, 2.75) is 161 Å². The number of nitrogens with zero attached hydrogens (tertiary/aromatic N) is 1. The predicted octanol–water partition coefficient (Wildman–Crippen LogP) is 6.11. The van der Waals surface area contributed by atoms with Gasteiger partial charge in [0.25, 0.3) is 17.7 Å². The third-order valence-electron chi connectivity index (χ3n) is 5.55. The van der Waals surface area contributed by atoms with Gasteiger partial charge in [-0.1, -0.05) is 6.58 Å². The zero-order valence-electron chi connectivity index (χ0n) is 32.6. The molecule has 0 radical (unpaired) electrons. The van der Waals surface area contributed by atoms with E-state index in [0.29, 0.717) is 17.7 Å². The predicted molar refractivity (Wildman–Crippen MR) is 211 cm³/mol. The van der Waals surface area contributed by atoms with E-state index in [2.05, 4.69) is 124 Å². The summed E-state index contributed by atoms with van der Waals surface area (Å²) in [5.41, 5.74) is 0.357. The van der Waals surface area contributed by atoms with Gasteiger partial charge in [0.05, 0.1) is 0 Å². The van der Waals surface area contributed by atoms with Crippen molar-refractivity contribution in [3.05, 3.63) is 12.2 Å². The highest BCUT2D eigenvalue weighted by atomic mass is 28.4. The van der Waals surface area contributed by atoms with E-state index in [1.807, 2.05) is 0 Å². The average molecular weight is 759 g/mol. The summed E-state index contributed by atoms with van der Waals surface area (Å²) in [6, 6.07) is 1.38. The summed E-state index contributed by atoms with van der Waals surface area (Å²) in [7, 11) is -12.6. The van der Waals surface area contributed by atoms with Crippen LogP contribution in [0.25, 0.3) is 0 Å². The molecule has 0 N–H and O–H groups in total. The molecule has 1 amide bonds. The van der Waals surface area contributed by atoms with Crippen LogP contribution in [0.3, 0.4) is 0 Å². The molecule has 0 bridgehead atoms.